The van der Waals surface area contributed by atoms with E-state index in [1.165, 1.54) is 30.3 Å². The fourth-order valence-electron chi connectivity index (χ4n) is 3.19. The number of nitrogens with zero attached hydrogens (tertiary/aromatic N) is 1. The smallest absolute Gasteiger partial charge is 0.416 e. The number of rotatable bonds is 3. The molecule has 0 aliphatic carbocycles. The molecular weight excluding hydrogens is 477 g/mol. The fraction of sp³-hybridized carbons (Fsp3) is 0.0870. The molecule has 10 heteroatoms. The molecule has 5 nitrogen and oxygen atoms in total. The van der Waals surface area contributed by atoms with Crippen molar-refractivity contribution in [2.75, 3.05) is 4.90 Å². The van der Waals surface area contributed by atoms with Gasteiger partial charge in [-0.3, -0.25) is 19.8 Å². The number of carbonyl (C=O) groups excluding carboxylic acids is 2. The Morgan fingerprint density at radius 2 is 1.85 bits per heavy atom. The van der Waals surface area contributed by atoms with E-state index in [9.17, 15) is 22.8 Å². The molecule has 4 rings (SSSR count). The average molecular weight is 491 g/mol. The Hall–Kier alpha value is -3.43. The number of furan rings is 1. The maximum Gasteiger partial charge on any atom is 0.416 e. The van der Waals surface area contributed by atoms with Gasteiger partial charge in [0, 0.05) is 10.6 Å². The van der Waals surface area contributed by atoms with Crippen molar-refractivity contribution in [1.29, 1.82) is 0 Å². The minimum atomic E-state index is -4.50. The van der Waals surface area contributed by atoms with E-state index in [1.54, 1.807) is 25.1 Å². The molecule has 33 heavy (non-hydrogen) atoms. The molecule has 2 aromatic carbocycles. The van der Waals surface area contributed by atoms with Gasteiger partial charge >= 0.3 is 6.18 Å². The Labute approximate surface area is 196 Å². The summed E-state index contributed by atoms with van der Waals surface area (Å²) in [5.41, 5.74) is 0.291. The standard InChI is InChI=1S/C23H14ClF3N2O3S/c1-12-5-6-15(10-18(12)24)29-21(31)17(20(30)28-22(29)33)11-16-7-8-19(32-16)13-3-2-4-14(9-13)23(25,26)27/h2-11H,1H3,(H,28,30,33)/b17-11+. The van der Waals surface area contributed by atoms with Crippen molar-refractivity contribution in [3.63, 3.8) is 0 Å². The first-order valence-corrected chi connectivity index (χ1v) is 10.3. The quantitative estimate of drug-likeness (QED) is 0.288. The van der Waals surface area contributed by atoms with Crippen LogP contribution in [0.4, 0.5) is 18.9 Å². The Kier molecular flexibility index (Phi) is 5.85. The summed E-state index contributed by atoms with van der Waals surface area (Å²) in [5, 5.41) is 2.76. The number of hydrogen-bond donors (Lipinski definition) is 1. The van der Waals surface area contributed by atoms with Gasteiger partial charge in [-0.25, -0.2) is 0 Å². The summed E-state index contributed by atoms with van der Waals surface area (Å²) >= 11 is 11.3. The fourth-order valence-corrected chi connectivity index (χ4v) is 3.65. The van der Waals surface area contributed by atoms with Crippen LogP contribution in [0, 0.1) is 6.92 Å². The predicted octanol–water partition coefficient (Wildman–Crippen LogP) is 5.76. The predicted molar refractivity (Wildman–Crippen MR) is 122 cm³/mol. The highest BCUT2D eigenvalue weighted by molar-refractivity contribution is 7.80. The number of aryl methyl sites for hydroxylation is 1. The van der Waals surface area contributed by atoms with E-state index in [2.05, 4.69) is 5.32 Å². The van der Waals surface area contributed by atoms with Crippen LogP contribution in [-0.2, 0) is 15.8 Å². The van der Waals surface area contributed by atoms with Crippen LogP contribution in [0.25, 0.3) is 17.4 Å². The van der Waals surface area contributed by atoms with E-state index < -0.39 is 23.6 Å². The monoisotopic (exact) mass is 490 g/mol. The second-order valence-corrected chi connectivity index (χ2v) is 7.97. The van der Waals surface area contributed by atoms with Crippen LogP contribution in [0.2, 0.25) is 5.02 Å². The third-order valence-electron chi connectivity index (χ3n) is 4.90. The topological polar surface area (TPSA) is 62.6 Å². The van der Waals surface area contributed by atoms with Crippen molar-refractivity contribution in [2.24, 2.45) is 0 Å². The first-order valence-electron chi connectivity index (χ1n) is 9.49. The molecular formula is C23H14ClF3N2O3S. The molecule has 2 amide bonds. The van der Waals surface area contributed by atoms with Crippen molar-refractivity contribution in [3.8, 4) is 11.3 Å². The molecule has 1 aliphatic heterocycles. The first-order chi connectivity index (χ1) is 15.5. The van der Waals surface area contributed by atoms with Crippen molar-refractivity contribution in [2.45, 2.75) is 13.1 Å². The zero-order valence-electron chi connectivity index (χ0n) is 16.9. The van der Waals surface area contributed by atoms with E-state index in [0.717, 1.165) is 22.6 Å². The zero-order valence-corrected chi connectivity index (χ0v) is 18.4. The third-order valence-corrected chi connectivity index (χ3v) is 5.59. The van der Waals surface area contributed by atoms with Crippen LogP contribution in [0.15, 0.2) is 64.6 Å². The summed E-state index contributed by atoms with van der Waals surface area (Å²) in [5.74, 6) is -1.16. The van der Waals surface area contributed by atoms with Gasteiger partial charge in [0.1, 0.15) is 17.1 Å². The Morgan fingerprint density at radius 1 is 1.09 bits per heavy atom. The normalized spacial score (nSPS) is 15.8. The summed E-state index contributed by atoms with van der Waals surface area (Å²) < 4.78 is 44.6. The maximum atomic E-state index is 13.1. The lowest BCUT2D eigenvalue weighted by Crippen LogP contribution is -2.54. The number of amides is 2. The zero-order chi connectivity index (χ0) is 23.9. The number of nitrogens with one attached hydrogen (secondary N) is 1. The lowest BCUT2D eigenvalue weighted by atomic mass is 10.1. The van der Waals surface area contributed by atoms with Crippen LogP contribution < -0.4 is 10.2 Å². The summed E-state index contributed by atoms with van der Waals surface area (Å²) in [7, 11) is 0. The third kappa shape index (κ3) is 4.55. The Balaban J connectivity index is 1.67. The highest BCUT2D eigenvalue weighted by atomic mass is 35.5. The molecule has 0 radical (unpaired) electrons. The van der Waals surface area contributed by atoms with E-state index in [4.69, 9.17) is 28.2 Å². The highest BCUT2D eigenvalue weighted by Gasteiger charge is 2.35. The van der Waals surface area contributed by atoms with Gasteiger partial charge < -0.3 is 4.42 Å². The molecule has 1 fully saturated rings. The summed E-state index contributed by atoms with van der Waals surface area (Å²) in [4.78, 5) is 26.7. The molecule has 1 saturated heterocycles. The first kappa shape index (κ1) is 22.8. The maximum absolute atomic E-state index is 13.1. The van der Waals surface area contributed by atoms with Crippen LogP contribution in [0.5, 0.6) is 0 Å². The van der Waals surface area contributed by atoms with Gasteiger partial charge in [0.2, 0.25) is 0 Å². The largest absolute Gasteiger partial charge is 0.457 e. The number of alkyl halides is 3. The molecule has 1 aliphatic rings. The van der Waals surface area contributed by atoms with E-state index in [0.29, 0.717) is 10.7 Å². The molecule has 0 bridgehead atoms. The molecule has 168 valence electrons. The average Bonchev–Trinajstić information content (AvgIpc) is 3.22. The molecule has 2 heterocycles. The van der Waals surface area contributed by atoms with Crippen molar-refractivity contribution in [3.05, 3.63) is 82.1 Å². The molecule has 0 spiro atoms. The minimum absolute atomic E-state index is 0.105. The lowest BCUT2D eigenvalue weighted by Gasteiger charge is -2.29. The number of carbonyl (C=O) groups is 2. The highest BCUT2D eigenvalue weighted by Crippen LogP contribution is 2.33. The number of benzene rings is 2. The van der Waals surface area contributed by atoms with E-state index in [-0.39, 0.29) is 27.8 Å². The van der Waals surface area contributed by atoms with Gasteiger partial charge in [0.15, 0.2) is 5.11 Å². The van der Waals surface area contributed by atoms with Gasteiger partial charge in [0.25, 0.3) is 11.8 Å². The van der Waals surface area contributed by atoms with Crippen LogP contribution >= 0.6 is 23.8 Å². The second-order valence-electron chi connectivity index (χ2n) is 7.17. The second kappa shape index (κ2) is 8.49. The lowest BCUT2D eigenvalue weighted by molar-refractivity contribution is -0.137. The number of anilines is 1. The number of thiocarbonyl (C=S) groups is 1. The molecule has 0 atom stereocenters. The Bertz CT molecular complexity index is 1330. The minimum Gasteiger partial charge on any atom is -0.457 e. The molecule has 0 saturated carbocycles. The number of hydrogen-bond acceptors (Lipinski definition) is 4. The van der Waals surface area contributed by atoms with Crippen molar-refractivity contribution >= 4 is 52.5 Å². The molecule has 1 N–H and O–H groups in total. The van der Waals surface area contributed by atoms with E-state index >= 15 is 0 Å². The Morgan fingerprint density at radius 3 is 2.55 bits per heavy atom. The van der Waals surface area contributed by atoms with Crippen molar-refractivity contribution < 1.29 is 27.2 Å². The van der Waals surface area contributed by atoms with E-state index in [1.807, 2.05) is 0 Å². The van der Waals surface area contributed by atoms with Gasteiger partial charge in [-0.15, -0.1) is 0 Å². The van der Waals surface area contributed by atoms with Gasteiger partial charge in [-0.2, -0.15) is 13.2 Å². The SMILES string of the molecule is Cc1ccc(N2C(=O)/C(=C/c3ccc(-c4cccc(C(F)(F)F)c4)o3)C(=O)NC2=S)cc1Cl. The molecule has 1 aromatic heterocycles. The number of halogens is 4. The van der Waals surface area contributed by atoms with Crippen LogP contribution in [-0.4, -0.2) is 16.9 Å². The summed E-state index contributed by atoms with van der Waals surface area (Å²) in [6.45, 7) is 1.80. The van der Waals surface area contributed by atoms with Crippen LogP contribution in [0.1, 0.15) is 16.9 Å². The summed E-state index contributed by atoms with van der Waals surface area (Å²) in [6, 6.07) is 12.4. The van der Waals surface area contributed by atoms with Crippen molar-refractivity contribution in [1.82, 2.24) is 5.32 Å². The van der Waals surface area contributed by atoms with Gasteiger partial charge in [-0.1, -0.05) is 29.8 Å². The molecule has 3 aromatic rings. The van der Waals surface area contributed by atoms with Gasteiger partial charge in [0.05, 0.1) is 11.3 Å². The summed E-state index contributed by atoms with van der Waals surface area (Å²) in [6.07, 6.45) is -3.29. The molecule has 0 unspecified atom stereocenters. The van der Waals surface area contributed by atoms with Gasteiger partial charge in [-0.05, 0) is 67.2 Å². The van der Waals surface area contributed by atoms with Crippen LogP contribution in [0.3, 0.4) is 0 Å².